The minimum absolute atomic E-state index is 0.0596. The van der Waals surface area contributed by atoms with Gasteiger partial charge in [0.2, 0.25) is 0 Å². The van der Waals surface area contributed by atoms with Gasteiger partial charge in [0.05, 0.1) is 37.1 Å². The van der Waals surface area contributed by atoms with Crippen LogP contribution >= 0.6 is 0 Å². The van der Waals surface area contributed by atoms with Crippen LogP contribution in [0.5, 0.6) is 0 Å². The van der Waals surface area contributed by atoms with E-state index in [1.807, 2.05) is 0 Å². The van der Waals surface area contributed by atoms with Crippen LogP contribution in [-0.4, -0.2) is 136 Å². The molecule has 15 heteroatoms. The van der Waals surface area contributed by atoms with Crippen molar-refractivity contribution >= 4 is 0 Å². The lowest BCUT2D eigenvalue weighted by Gasteiger charge is -2.50. The number of aliphatic hydroxyl groups is 5. The molecule has 0 radical (unpaired) electrons. The third-order valence-corrected chi connectivity index (χ3v) is 9.39. The van der Waals surface area contributed by atoms with Crippen LogP contribution in [0.4, 0.5) is 0 Å². The Morgan fingerprint density at radius 2 is 1.50 bits per heavy atom. The van der Waals surface area contributed by atoms with Crippen LogP contribution in [0.15, 0.2) is 0 Å². The van der Waals surface area contributed by atoms with Crippen molar-refractivity contribution in [1.29, 1.82) is 0 Å². The first kappa shape index (κ1) is 30.8. The zero-order valence-corrected chi connectivity index (χ0v) is 22.6. The molecule has 40 heavy (non-hydrogen) atoms. The molecule has 3 heterocycles. The van der Waals surface area contributed by atoms with Crippen LogP contribution in [0.1, 0.15) is 38.5 Å². The molecule has 15 N–H and O–H groups in total. The Hall–Kier alpha value is -0.600. The van der Waals surface area contributed by atoms with E-state index in [0.29, 0.717) is 12.8 Å². The monoisotopic (exact) mass is 577 g/mol. The largest absolute Gasteiger partial charge is 0.394 e. The van der Waals surface area contributed by atoms with Gasteiger partial charge in [-0.2, -0.15) is 0 Å². The highest BCUT2D eigenvalue weighted by atomic mass is 16.7. The number of nitrogens with two attached hydrogens (primary N) is 5. The predicted octanol–water partition coefficient (Wildman–Crippen LogP) is -4.97. The Labute approximate surface area is 233 Å². The summed E-state index contributed by atoms with van der Waals surface area (Å²) in [6.45, 7) is -0.581. The van der Waals surface area contributed by atoms with E-state index in [1.54, 1.807) is 0 Å². The van der Waals surface area contributed by atoms with Crippen LogP contribution in [0.2, 0.25) is 0 Å². The first-order valence-electron chi connectivity index (χ1n) is 14.3. The molecule has 2 aliphatic carbocycles. The number of ether oxygens (including phenoxy) is 5. The first-order valence-corrected chi connectivity index (χ1v) is 14.3. The molecule has 232 valence electrons. The minimum Gasteiger partial charge on any atom is -0.394 e. The summed E-state index contributed by atoms with van der Waals surface area (Å²) in [7, 11) is 0. The fourth-order valence-corrected chi connectivity index (χ4v) is 6.72. The lowest BCUT2D eigenvalue weighted by molar-refractivity contribution is -0.272. The van der Waals surface area contributed by atoms with Gasteiger partial charge in [-0.3, -0.25) is 0 Å². The summed E-state index contributed by atoms with van der Waals surface area (Å²) < 4.78 is 30.0. The van der Waals surface area contributed by atoms with Crippen LogP contribution < -0.4 is 28.7 Å². The average Bonchev–Trinajstić information content (AvgIpc) is 3.61. The van der Waals surface area contributed by atoms with Crippen molar-refractivity contribution < 1.29 is 49.2 Å². The summed E-state index contributed by atoms with van der Waals surface area (Å²) >= 11 is 0. The SMILES string of the molecule is NC[C@@H]1O[C@H](O[C@H]2[C@@H](O)[C@H](O[C@H]3C([C@H]4O[C@H](C5(N)CC5)CC[C@H]4N)[C@@H](N)C[C@@H](N)[C@@H]3O)O[C@@H]2CO)C[C@@H](O)[C@@H]1O. The number of aliphatic hydroxyl groups excluding tert-OH is 5. The Morgan fingerprint density at radius 1 is 0.775 bits per heavy atom. The topological polar surface area (TPSA) is 277 Å². The molecule has 0 aromatic heterocycles. The molecule has 0 aromatic carbocycles. The molecule has 0 spiro atoms. The molecule has 1 unspecified atom stereocenters. The highest BCUT2D eigenvalue weighted by molar-refractivity contribution is 5.10. The zero-order valence-electron chi connectivity index (χ0n) is 22.6. The number of rotatable bonds is 8. The fourth-order valence-electron chi connectivity index (χ4n) is 6.72. The highest BCUT2D eigenvalue weighted by Crippen LogP contribution is 2.44. The maximum absolute atomic E-state index is 11.2. The lowest BCUT2D eigenvalue weighted by atomic mass is 9.72. The van der Waals surface area contributed by atoms with Crippen molar-refractivity contribution in [3.8, 4) is 0 Å². The maximum atomic E-state index is 11.2. The minimum atomic E-state index is -1.42. The predicted molar refractivity (Wildman–Crippen MR) is 138 cm³/mol. The summed E-state index contributed by atoms with van der Waals surface area (Å²) in [5, 5.41) is 52.6. The van der Waals surface area contributed by atoms with E-state index in [2.05, 4.69) is 0 Å². The number of hydrogen-bond acceptors (Lipinski definition) is 15. The van der Waals surface area contributed by atoms with Gasteiger partial charge in [-0.25, -0.2) is 0 Å². The van der Waals surface area contributed by atoms with Crippen LogP contribution in [0.25, 0.3) is 0 Å². The Bertz CT molecular complexity index is 859. The molecule has 3 saturated heterocycles. The summed E-state index contributed by atoms with van der Waals surface area (Å²) in [5.41, 5.74) is 31.0. The second kappa shape index (κ2) is 12.2. The smallest absolute Gasteiger partial charge is 0.187 e. The van der Waals surface area contributed by atoms with Crippen molar-refractivity contribution in [2.45, 2.75) is 136 Å². The van der Waals surface area contributed by atoms with Crippen molar-refractivity contribution in [2.75, 3.05) is 13.2 Å². The second-order valence-electron chi connectivity index (χ2n) is 12.2. The first-order chi connectivity index (χ1) is 19.0. The van der Waals surface area contributed by atoms with Gasteiger partial charge in [0, 0.05) is 42.5 Å². The average molecular weight is 578 g/mol. The van der Waals surface area contributed by atoms with Crippen molar-refractivity contribution in [3.63, 3.8) is 0 Å². The van der Waals surface area contributed by atoms with E-state index in [1.165, 1.54) is 0 Å². The molecule has 5 rings (SSSR count). The molecule has 0 amide bonds. The van der Waals surface area contributed by atoms with Gasteiger partial charge in [-0.05, 0) is 32.1 Å². The Morgan fingerprint density at radius 3 is 2.15 bits per heavy atom. The Balaban J connectivity index is 1.31. The second-order valence-corrected chi connectivity index (χ2v) is 12.2. The molecule has 0 bridgehead atoms. The molecule has 15 nitrogen and oxygen atoms in total. The molecule has 0 aromatic rings. The van der Waals surface area contributed by atoms with Gasteiger partial charge >= 0.3 is 0 Å². The molecular formula is C25H47N5O10. The lowest BCUT2D eigenvalue weighted by Crippen LogP contribution is -2.67. The summed E-state index contributed by atoms with van der Waals surface area (Å²) in [6, 6.07) is -1.60. The molecule has 3 aliphatic heterocycles. The standard InChI is InChI=1S/C25H47N5O10/c26-7-13-19(34)12(32)6-16(36-13)39-22-14(8-31)37-24(20(22)35)40-23-17(10(28)5-11(29)18(23)33)21-9(27)1-2-15(38-21)25(30)3-4-25/h9-24,31-35H,1-8,26-30H2/t9-,10+,11-,12-,13+,14-,15+,16-,17?,18+,19+,20-,21+,22-,23+,24+/m1/s1. The zero-order chi connectivity index (χ0) is 28.9. The summed E-state index contributed by atoms with van der Waals surface area (Å²) in [4.78, 5) is 0. The van der Waals surface area contributed by atoms with E-state index < -0.39 is 92.1 Å². The van der Waals surface area contributed by atoms with Gasteiger partial charge in [0.25, 0.3) is 0 Å². The summed E-state index contributed by atoms with van der Waals surface area (Å²) in [5.74, 6) is -0.582. The van der Waals surface area contributed by atoms with Crippen molar-refractivity contribution in [3.05, 3.63) is 0 Å². The fraction of sp³-hybridized carbons (Fsp3) is 1.00. The highest BCUT2D eigenvalue weighted by Gasteiger charge is 2.56. The van der Waals surface area contributed by atoms with Crippen molar-refractivity contribution in [1.82, 2.24) is 0 Å². The molecule has 5 fully saturated rings. The molecule has 5 aliphatic rings. The van der Waals surface area contributed by atoms with E-state index in [0.717, 1.165) is 19.3 Å². The molecule has 2 saturated carbocycles. The van der Waals surface area contributed by atoms with E-state index in [4.69, 9.17) is 52.4 Å². The maximum Gasteiger partial charge on any atom is 0.187 e. The van der Waals surface area contributed by atoms with E-state index >= 15 is 0 Å². The Kier molecular flexibility index (Phi) is 9.39. The van der Waals surface area contributed by atoms with Gasteiger partial charge < -0.3 is 77.9 Å². The van der Waals surface area contributed by atoms with E-state index in [-0.39, 0.29) is 30.7 Å². The number of hydrogen-bond donors (Lipinski definition) is 10. The van der Waals surface area contributed by atoms with Gasteiger partial charge in [-0.1, -0.05) is 0 Å². The van der Waals surface area contributed by atoms with Gasteiger partial charge in [0.1, 0.15) is 30.5 Å². The van der Waals surface area contributed by atoms with Crippen LogP contribution in [-0.2, 0) is 23.7 Å². The van der Waals surface area contributed by atoms with E-state index in [9.17, 15) is 25.5 Å². The van der Waals surface area contributed by atoms with Crippen LogP contribution in [0, 0.1) is 5.92 Å². The van der Waals surface area contributed by atoms with Crippen molar-refractivity contribution in [2.24, 2.45) is 34.6 Å². The molecule has 16 atom stereocenters. The van der Waals surface area contributed by atoms with Crippen LogP contribution in [0.3, 0.4) is 0 Å². The molecular weight excluding hydrogens is 530 g/mol. The normalized spacial score (nSPS) is 53.0. The summed E-state index contributed by atoms with van der Waals surface area (Å²) in [6.07, 6.45) is -8.71. The van der Waals surface area contributed by atoms with Gasteiger partial charge in [0.15, 0.2) is 12.6 Å². The quantitative estimate of drug-likeness (QED) is 0.129. The third kappa shape index (κ3) is 5.93. The third-order valence-electron chi connectivity index (χ3n) is 9.39. The van der Waals surface area contributed by atoms with Gasteiger partial charge in [-0.15, -0.1) is 0 Å².